The summed E-state index contributed by atoms with van der Waals surface area (Å²) in [7, 11) is 0. The van der Waals surface area contributed by atoms with Gasteiger partial charge in [-0.25, -0.2) is 0 Å². The highest BCUT2D eigenvalue weighted by Crippen LogP contribution is 2.30. The van der Waals surface area contributed by atoms with E-state index in [4.69, 9.17) is 4.98 Å². The maximum Gasteiger partial charge on any atom is 0.256 e. The highest BCUT2D eigenvalue weighted by atomic mass is 79.9. The van der Waals surface area contributed by atoms with Crippen LogP contribution in [0.25, 0.3) is 10.9 Å². The molecular weight excluding hydrogens is 364 g/mol. The average molecular weight is 381 g/mol. The van der Waals surface area contributed by atoms with Crippen molar-refractivity contribution in [2.75, 3.05) is 5.32 Å². The van der Waals surface area contributed by atoms with Crippen LogP contribution in [0.5, 0.6) is 0 Å². The molecule has 3 aromatic rings. The maximum atomic E-state index is 13.0. The number of hydrogen-bond acceptors (Lipinski definition) is 2. The molecule has 0 fully saturated rings. The lowest BCUT2D eigenvalue weighted by molar-refractivity contribution is 0.102. The van der Waals surface area contributed by atoms with Crippen molar-refractivity contribution in [3.05, 3.63) is 69.8 Å². The summed E-state index contributed by atoms with van der Waals surface area (Å²) in [5.41, 5.74) is 4.70. The van der Waals surface area contributed by atoms with E-state index < -0.39 is 0 Å². The van der Waals surface area contributed by atoms with Gasteiger partial charge in [0.05, 0.1) is 11.1 Å². The largest absolute Gasteiger partial charge is 0.322 e. The van der Waals surface area contributed by atoms with E-state index in [1.807, 2.05) is 48.5 Å². The monoisotopic (exact) mass is 380 g/mol. The molecule has 1 aliphatic carbocycles. The van der Waals surface area contributed by atoms with Crippen molar-refractivity contribution in [3.8, 4) is 0 Å². The van der Waals surface area contributed by atoms with E-state index in [1.165, 1.54) is 0 Å². The number of nitrogens with zero attached hydrogens (tertiary/aromatic N) is 1. The van der Waals surface area contributed by atoms with E-state index in [2.05, 4.69) is 21.2 Å². The van der Waals surface area contributed by atoms with Gasteiger partial charge in [0, 0.05) is 21.2 Å². The quantitative estimate of drug-likeness (QED) is 0.669. The number of benzene rings is 2. The normalized spacial score (nSPS) is 13.5. The van der Waals surface area contributed by atoms with Crippen LogP contribution in [0.2, 0.25) is 0 Å². The summed E-state index contributed by atoms with van der Waals surface area (Å²) < 4.78 is 0.993. The van der Waals surface area contributed by atoms with Crippen molar-refractivity contribution in [2.24, 2.45) is 0 Å². The van der Waals surface area contributed by atoms with Crippen LogP contribution in [-0.2, 0) is 12.8 Å². The standard InChI is InChI=1S/C20H17BrN2O/c21-13-9-11-14(12-10-13)22-20(24)19-15-5-1-3-7-17(15)23-18-8-4-2-6-16(18)19/h1,3,5,7,9-12H,2,4,6,8H2,(H,22,24). The van der Waals surface area contributed by atoms with Gasteiger partial charge < -0.3 is 5.32 Å². The number of halogens is 1. The molecule has 4 heteroatoms. The lowest BCUT2D eigenvalue weighted by atomic mass is 9.89. The van der Waals surface area contributed by atoms with Crippen LogP contribution >= 0.6 is 15.9 Å². The minimum absolute atomic E-state index is 0.0472. The Morgan fingerprint density at radius 3 is 2.58 bits per heavy atom. The number of carbonyl (C=O) groups is 1. The Bertz CT molecular complexity index is 919. The molecule has 4 rings (SSSR count). The number of anilines is 1. The van der Waals surface area contributed by atoms with Crippen LogP contribution in [0.15, 0.2) is 53.0 Å². The zero-order valence-electron chi connectivity index (χ0n) is 13.2. The minimum atomic E-state index is -0.0472. The summed E-state index contributed by atoms with van der Waals surface area (Å²) in [4.78, 5) is 17.8. The summed E-state index contributed by atoms with van der Waals surface area (Å²) in [6.07, 6.45) is 4.15. The van der Waals surface area contributed by atoms with Crippen LogP contribution in [0.4, 0.5) is 5.69 Å². The number of aromatic nitrogens is 1. The van der Waals surface area contributed by atoms with Crippen LogP contribution in [-0.4, -0.2) is 10.9 Å². The van der Waals surface area contributed by atoms with Gasteiger partial charge in [0.1, 0.15) is 0 Å². The summed E-state index contributed by atoms with van der Waals surface area (Å²) in [5, 5.41) is 3.98. The molecule has 0 saturated carbocycles. The highest BCUT2D eigenvalue weighted by molar-refractivity contribution is 9.10. The Kier molecular flexibility index (Phi) is 4.07. The molecule has 3 nitrogen and oxygen atoms in total. The molecule has 0 atom stereocenters. The molecule has 2 aromatic carbocycles. The first-order valence-electron chi connectivity index (χ1n) is 8.20. The lowest BCUT2D eigenvalue weighted by Crippen LogP contribution is -2.19. The van der Waals surface area contributed by atoms with E-state index >= 15 is 0 Å². The Morgan fingerprint density at radius 2 is 1.75 bits per heavy atom. The van der Waals surface area contributed by atoms with Crippen LogP contribution in [0.3, 0.4) is 0 Å². The van der Waals surface area contributed by atoms with Crippen molar-refractivity contribution in [1.82, 2.24) is 4.98 Å². The van der Waals surface area contributed by atoms with Gasteiger partial charge in [0.25, 0.3) is 5.91 Å². The molecule has 1 aliphatic rings. The minimum Gasteiger partial charge on any atom is -0.322 e. The fraction of sp³-hybridized carbons (Fsp3) is 0.200. The molecule has 0 saturated heterocycles. The third-order valence-corrected chi connectivity index (χ3v) is 5.03. The Morgan fingerprint density at radius 1 is 1.00 bits per heavy atom. The molecule has 1 aromatic heterocycles. The van der Waals surface area contributed by atoms with Crippen LogP contribution in [0.1, 0.15) is 34.5 Å². The predicted octanol–water partition coefficient (Wildman–Crippen LogP) is 5.13. The number of rotatable bonds is 2. The van der Waals surface area contributed by atoms with Gasteiger partial charge in [0.2, 0.25) is 0 Å². The van der Waals surface area contributed by atoms with Gasteiger partial charge in [-0.15, -0.1) is 0 Å². The summed E-state index contributed by atoms with van der Waals surface area (Å²) >= 11 is 3.42. The number of pyridine rings is 1. The molecule has 0 aliphatic heterocycles. The van der Waals surface area contributed by atoms with Crippen molar-refractivity contribution in [1.29, 1.82) is 0 Å². The SMILES string of the molecule is O=C(Nc1ccc(Br)cc1)c1c2c(nc3ccccc13)CCCC2. The molecule has 1 N–H and O–H groups in total. The highest BCUT2D eigenvalue weighted by Gasteiger charge is 2.22. The number of carbonyl (C=O) groups excluding carboxylic acids is 1. The first-order valence-corrected chi connectivity index (χ1v) is 8.99. The molecule has 24 heavy (non-hydrogen) atoms. The second-order valence-electron chi connectivity index (χ2n) is 6.10. The van der Waals surface area contributed by atoms with Gasteiger partial charge in [-0.3, -0.25) is 9.78 Å². The molecular formula is C20H17BrN2O. The van der Waals surface area contributed by atoms with Crippen LogP contribution in [0, 0.1) is 0 Å². The van der Waals surface area contributed by atoms with E-state index in [9.17, 15) is 4.79 Å². The second-order valence-corrected chi connectivity index (χ2v) is 7.01. The van der Waals surface area contributed by atoms with Gasteiger partial charge in [0.15, 0.2) is 0 Å². The molecule has 1 amide bonds. The summed E-state index contributed by atoms with van der Waals surface area (Å²) in [6, 6.07) is 15.6. The number of hydrogen-bond donors (Lipinski definition) is 1. The topological polar surface area (TPSA) is 42.0 Å². The smallest absolute Gasteiger partial charge is 0.256 e. The van der Waals surface area contributed by atoms with E-state index in [0.29, 0.717) is 0 Å². The van der Waals surface area contributed by atoms with Crippen LogP contribution < -0.4 is 5.32 Å². The second kappa shape index (κ2) is 6.36. The number of aryl methyl sites for hydroxylation is 1. The average Bonchev–Trinajstić information content (AvgIpc) is 2.61. The lowest BCUT2D eigenvalue weighted by Gasteiger charge is -2.20. The molecule has 0 bridgehead atoms. The van der Waals surface area contributed by atoms with Crippen molar-refractivity contribution < 1.29 is 4.79 Å². The first kappa shape index (κ1) is 15.3. The third kappa shape index (κ3) is 2.82. The first-order chi connectivity index (χ1) is 11.7. The predicted molar refractivity (Wildman–Crippen MR) is 100 cm³/mol. The zero-order valence-corrected chi connectivity index (χ0v) is 14.8. The number of fused-ring (bicyclic) bond motifs is 2. The van der Waals surface area contributed by atoms with Crippen molar-refractivity contribution in [2.45, 2.75) is 25.7 Å². The van der Waals surface area contributed by atoms with Gasteiger partial charge in [-0.1, -0.05) is 34.1 Å². The van der Waals surface area contributed by atoms with Gasteiger partial charge in [-0.05, 0) is 61.6 Å². The number of para-hydroxylation sites is 1. The van der Waals surface area contributed by atoms with E-state index in [-0.39, 0.29) is 5.91 Å². The molecule has 120 valence electrons. The maximum absolute atomic E-state index is 13.0. The molecule has 0 spiro atoms. The molecule has 1 heterocycles. The zero-order chi connectivity index (χ0) is 16.5. The van der Waals surface area contributed by atoms with E-state index in [1.54, 1.807) is 0 Å². The fourth-order valence-corrected chi connectivity index (χ4v) is 3.62. The molecule has 0 radical (unpaired) electrons. The van der Waals surface area contributed by atoms with E-state index in [0.717, 1.165) is 63.6 Å². The number of amides is 1. The van der Waals surface area contributed by atoms with Gasteiger partial charge in [-0.2, -0.15) is 0 Å². The Hall–Kier alpha value is -2.20. The summed E-state index contributed by atoms with van der Waals surface area (Å²) in [5.74, 6) is -0.0472. The Balaban J connectivity index is 1.82. The Labute approximate surface area is 149 Å². The molecule has 0 unspecified atom stereocenters. The van der Waals surface area contributed by atoms with Gasteiger partial charge >= 0.3 is 0 Å². The number of nitrogens with one attached hydrogen (secondary N) is 1. The van der Waals surface area contributed by atoms with Crippen molar-refractivity contribution in [3.63, 3.8) is 0 Å². The summed E-state index contributed by atoms with van der Waals surface area (Å²) in [6.45, 7) is 0. The third-order valence-electron chi connectivity index (χ3n) is 4.50. The fourth-order valence-electron chi connectivity index (χ4n) is 3.36. The van der Waals surface area contributed by atoms with Crippen molar-refractivity contribution >= 4 is 38.4 Å².